The first kappa shape index (κ1) is 16.4. The summed E-state index contributed by atoms with van der Waals surface area (Å²) in [6.07, 6.45) is 5.70. The number of rotatable bonds is 5. The van der Waals surface area contributed by atoms with E-state index in [2.05, 4.69) is 10.0 Å². The third kappa shape index (κ3) is 3.39. The zero-order valence-corrected chi connectivity index (χ0v) is 13.9. The zero-order valence-electron chi connectivity index (χ0n) is 13.9. The molecule has 6 heteroatoms. The number of fused-ring (bicyclic) bond motifs is 1. The summed E-state index contributed by atoms with van der Waals surface area (Å²) in [5, 5.41) is 4.99. The molecule has 24 heavy (non-hydrogen) atoms. The summed E-state index contributed by atoms with van der Waals surface area (Å²) in [6.45, 7) is 0.415. The molecule has 1 fully saturated rings. The van der Waals surface area contributed by atoms with Crippen LogP contribution >= 0.6 is 0 Å². The molecule has 1 saturated carbocycles. The van der Waals surface area contributed by atoms with Crippen molar-refractivity contribution in [2.75, 3.05) is 7.11 Å². The average Bonchev–Trinajstić information content (AvgIpc) is 2.63. The quantitative estimate of drug-likeness (QED) is 0.467. The number of ether oxygens (including phenoxy) is 1. The highest BCUT2D eigenvalue weighted by atomic mass is 16.5. The van der Waals surface area contributed by atoms with E-state index < -0.39 is 0 Å². The fraction of sp³-hybridized carbons (Fsp3) is 0.500. The SMILES string of the molecule is COc1ccc2ccc(=O)n(CC(N=[N+]=[N-])C3CCCCC3)c2c1. The molecule has 3 rings (SSSR count). The molecule has 0 bridgehead atoms. The molecule has 2 aromatic rings. The number of azide groups is 1. The minimum Gasteiger partial charge on any atom is -0.497 e. The van der Waals surface area contributed by atoms with Gasteiger partial charge in [-0.15, -0.1) is 0 Å². The molecule has 126 valence electrons. The molecule has 0 saturated heterocycles. The number of hydrogen-bond acceptors (Lipinski definition) is 3. The van der Waals surface area contributed by atoms with Crippen LogP contribution < -0.4 is 10.3 Å². The van der Waals surface area contributed by atoms with E-state index in [1.807, 2.05) is 24.3 Å². The van der Waals surface area contributed by atoms with Crippen LogP contribution in [0.25, 0.3) is 21.3 Å². The van der Waals surface area contributed by atoms with Crippen molar-refractivity contribution in [1.29, 1.82) is 0 Å². The van der Waals surface area contributed by atoms with E-state index in [1.54, 1.807) is 17.7 Å². The first-order valence-electron chi connectivity index (χ1n) is 8.44. The van der Waals surface area contributed by atoms with Crippen LogP contribution in [0.5, 0.6) is 5.75 Å². The van der Waals surface area contributed by atoms with Gasteiger partial charge in [0.2, 0.25) is 0 Å². The van der Waals surface area contributed by atoms with Gasteiger partial charge >= 0.3 is 0 Å². The van der Waals surface area contributed by atoms with Crippen molar-refractivity contribution in [2.45, 2.75) is 44.7 Å². The molecule has 6 nitrogen and oxygen atoms in total. The second kappa shape index (κ2) is 7.41. The van der Waals surface area contributed by atoms with Crippen molar-refractivity contribution in [1.82, 2.24) is 4.57 Å². The molecule has 1 unspecified atom stereocenters. The van der Waals surface area contributed by atoms with E-state index in [-0.39, 0.29) is 11.6 Å². The second-order valence-corrected chi connectivity index (χ2v) is 6.38. The van der Waals surface area contributed by atoms with Crippen molar-refractivity contribution in [2.24, 2.45) is 11.0 Å². The largest absolute Gasteiger partial charge is 0.497 e. The van der Waals surface area contributed by atoms with E-state index in [1.165, 1.54) is 19.3 Å². The molecular weight excluding hydrogens is 304 g/mol. The Kier molecular flexibility index (Phi) is 5.06. The topological polar surface area (TPSA) is 80.0 Å². The van der Waals surface area contributed by atoms with Crippen LogP contribution in [0.15, 0.2) is 40.2 Å². The Morgan fingerprint density at radius 1 is 1.29 bits per heavy atom. The number of aromatic nitrogens is 1. The van der Waals surface area contributed by atoms with Gasteiger partial charge in [0, 0.05) is 23.6 Å². The Morgan fingerprint density at radius 2 is 2.04 bits per heavy atom. The van der Waals surface area contributed by atoms with Crippen LogP contribution in [0.1, 0.15) is 32.1 Å². The standard InChI is InChI=1S/C18H22N4O2/c1-24-15-9-7-14-8-10-18(23)22(17(14)11-15)12-16(20-21-19)13-5-3-2-4-6-13/h7-11,13,16H,2-6,12H2,1H3. The predicted octanol–water partition coefficient (Wildman–Crippen LogP) is 4.27. The van der Waals surface area contributed by atoms with Crippen molar-refractivity contribution < 1.29 is 4.74 Å². The van der Waals surface area contributed by atoms with Gasteiger partial charge in [0.05, 0.1) is 18.7 Å². The van der Waals surface area contributed by atoms with Crippen LogP contribution in [0, 0.1) is 5.92 Å². The maximum absolute atomic E-state index is 12.4. The van der Waals surface area contributed by atoms with Gasteiger partial charge in [-0.2, -0.15) is 0 Å². The summed E-state index contributed by atoms with van der Waals surface area (Å²) in [6, 6.07) is 8.88. The summed E-state index contributed by atoms with van der Waals surface area (Å²) in [5.74, 6) is 1.06. The third-order valence-electron chi connectivity index (χ3n) is 4.96. The Bertz CT molecular complexity index is 817. The van der Waals surface area contributed by atoms with E-state index >= 15 is 0 Å². The van der Waals surface area contributed by atoms with E-state index in [9.17, 15) is 4.79 Å². The first-order chi connectivity index (χ1) is 11.7. The molecule has 0 amide bonds. The lowest BCUT2D eigenvalue weighted by Gasteiger charge is -2.28. The zero-order chi connectivity index (χ0) is 16.9. The van der Waals surface area contributed by atoms with Gasteiger partial charge in [-0.3, -0.25) is 4.79 Å². The molecular formula is C18H22N4O2. The number of hydrogen-bond donors (Lipinski definition) is 0. The van der Waals surface area contributed by atoms with Crippen LogP contribution in [0.4, 0.5) is 0 Å². The van der Waals surface area contributed by atoms with Gasteiger partial charge in [0.15, 0.2) is 0 Å². The number of nitrogens with zero attached hydrogens (tertiary/aromatic N) is 4. The number of benzene rings is 1. The summed E-state index contributed by atoms with van der Waals surface area (Å²) in [7, 11) is 1.61. The molecule has 0 radical (unpaired) electrons. The Labute approximate surface area is 140 Å². The van der Waals surface area contributed by atoms with Crippen molar-refractivity contribution >= 4 is 10.9 Å². The number of methoxy groups -OCH3 is 1. The molecule has 1 atom stereocenters. The van der Waals surface area contributed by atoms with E-state index in [0.717, 1.165) is 23.7 Å². The summed E-state index contributed by atoms with van der Waals surface area (Å²) in [4.78, 5) is 15.5. The van der Waals surface area contributed by atoms with Crippen LogP contribution in [0.3, 0.4) is 0 Å². The molecule has 1 heterocycles. The Hall–Kier alpha value is -2.46. The maximum atomic E-state index is 12.4. The predicted molar refractivity (Wildman–Crippen MR) is 94.3 cm³/mol. The van der Waals surface area contributed by atoms with Crippen molar-refractivity contribution in [3.8, 4) is 5.75 Å². The Balaban J connectivity index is 2.01. The highest BCUT2D eigenvalue weighted by Crippen LogP contribution is 2.29. The van der Waals surface area contributed by atoms with Crippen LogP contribution in [0.2, 0.25) is 0 Å². The molecule has 0 spiro atoms. The third-order valence-corrected chi connectivity index (χ3v) is 4.96. The molecule has 0 aliphatic heterocycles. The lowest BCUT2D eigenvalue weighted by Crippen LogP contribution is -2.31. The monoisotopic (exact) mass is 326 g/mol. The fourth-order valence-electron chi connectivity index (χ4n) is 3.64. The normalized spacial score (nSPS) is 16.5. The molecule has 1 aromatic heterocycles. The lowest BCUT2D eigenvalue weighted by atomic mass is 9.84. The molecule has 1 aromatic carbocycles. The molecule has 0 N–H and O–H groups in total. The minimum atomic E-state index is -0.190. The first-order valence-corrected chi connectivity index (χ1v) is 8.44. The number of pyridine rings is 1. The Morgan fingerprint density at radius 3 is 2.75 bits per heavy atom. The van der Waals surface area contributed by atoms with Crippen LogP contribution in [-0.2, 0) is 6.54 Å². The van der Waals surface area contributed by atoms with Crippen molar-refractivity contribution in [3.05, 3.63) is 51.1 Å². The fourth-order valence-corrected chi connectivity index (χ4v) is 3.64. The van der Waals surface area contributed by atoms with Gasteiger partial charge < -0.3 is 9.30 Å². The van der Waals surface area contributed by atoms with Gasteiger partial charge in [0.1, 0.15) is 5.75 Å². The van der Waals surface area contributed by atoms with Crippen molar-refractivity contribution in [3.63, 3.8) is 0 Å². The second-order valence-electron chi connectivity index (χ2n) is 6.38. The van der Waals surface area contributed by atoms with Gasteiger partial charge in [-0.1, -0.05) is 24.4 Å². The highest BCUT2D eigenvalue weighted by Gasteiger charge is 2.24. The van der Waals surface area contributed by atoms with Gasteiger partial charge in [0.25, 0.3) is 5.56 Å². The van der Waals surface area contributed by atoms with E-state index in [4.69, 9.17) is 10.3 Å². The molecule has 1 aliphatic carbocycles. The highest BCUT2D eigenvalue weighted by molar-refractivity contribution is 5.80. The van der Waals surface area contributed by atoms with E-state index in [0.29, 0.717) is 18.2 Å². The van der Waals surface area contributed by atoms with Crippen LogP contribution in [-0.4, -0.2) is 17.7 Å². The van der Waals surface area contributed by atoms with Gasteiger partial charge in [-0.25, -0.2) is 0 Å². The van der Waals surface area contributed by atoms with Gasteiger partial charge in [-0.05, 0) is 47.9 Å². The minimum absolute atomic E-state index is 0.0790. The summed E-state index contributed by atoms with van der Waals surface area (Å²) >= 11 is 0. The molecule has 1 aliphatic rings. The summed E-state index contributed by atoms with van der Waals surface area (Å²) < 4.78 is 7.00. The smallest absolute Gasteiger partial charge is 0.251 e. The summed E-state index contributed by atoms with van der Waals surface area (Å²) in [5.41, 5.74) is 9.70. The lowest BCUT2D eigenvalue weighted by molar-refractivity contribution is 0.285. The average molecular weight is 326 g/mol. The maximum Gasteiger partial charge on any atom is 0.251 e.